The molecule has 0 atom stereocenters. The van der Waals surface area contributed by atoms with Crippen LogP contribution in [0.25, 0.3) is 22.3 Å². The van der Waals surface area contributed by atoms with Gasteiger partial charge >= 0.3 is 0 Å². The highest BCUT2D eigenvalue weighted by atomic mass is 16.2. The molecule has 0 saturated carbocycles. The number of aromatic nitrogens is 2. The van der Waals surface area contributed by atoms with Crippen LogP contribution in [-0.2, 0) is 6.54 Å². The maximum Gasteiger partial charge on any atom is 0.268 e. The summed E-state index contributed by atoms with van der Waals surface area (Å²) in [6.45, 7) is 2.66. The van der Waals surface area contributed by atoms with Gasteiger partial charge < -0.3 is 4.57 Å². The molecule has 0 N–H and O–H groups in total. The van der Waals surface area contributed by atoms with E-state index in [0.29, 0.717) is 17.6 Å². The molecule has 0 unspecified atom stereocenters. The summed E-state index contributed by atoms with van der Waals surface area (Å²) in [6.07, 6.45) is 1.72. The van der Waals surface area contributed by atoms with E-state index in [1.807, 2.05) is 36.4 Å². The van der Waals surface area contributed by atoms with Gasteiger partial charge in [0.2, 0.25) is 5.43 Å². The lowest BCUT2D eigenvalue weighted by Crippen LogP contribution is -2.20. The number of carbonyl (C=O) groups excluding carboxylic acids is 1. The van der Waals surface area contributed by atoms with E-state index in [0.717, 1.165) is 16.8 Å². The molecule has 1 aliphatic heterocycles. The van der Waals surface area contributed by atoms with E-state index in [2.05, 4.69) is 29.7 Å². The van der Waals surface area contributed by atoms with Crippen molar-refractivity contribution in [2.45, 2.75) is 13.5 Å². The Morgan fingerprint density at radius 1 is 0.923 bits per heavy atom. The number of benzene rings is 2. The molecule has 1 aliphatic rings. The Bertz CT molecular complexity index is 1260. The van der Waals surface area contributed by atoms with Crippen LogP contribution in [0.3, 0.4) is 0 Å². The smallest absolute Gasteiger partial charge is 0.268 e. The van der Waals surface area contributed by atoms with Crippen LogP contribution in [0.15, 0.2) is 71.7 Å². The van der Waals surface area contributed by atoms with Crippen LogP contribution < -0.4 is 5.43 Å². The third kappa shape index (κ3) is 1.96. The molecule has 2 aromatic carbocycles. The number of rotatable bonds is 2. The maximum absolute atomic E-state index is 13.0. The molecule has 0 saturated heterocycles. The van der Waals surface area contributed by atoms with Crippen LogP contribution >= 0.6 is 0 Å². The van der Waals surface area contributed by atoms with Crippen LogP contribution in [0.4, 0.5) is 0 Å². The number of fused-ring (bicyclic) bond motifs is 4. The number of nitrogens with zero attached hydrogens (tertiary/aromatic N) is 2. The second-order valence-electron chi connectivity index (χ2n) is 6.71. The van der Waals surface area contributed by atoms with Crippen molar-refractivity contribution < 1.29 is 4.79 Å². The number of pyridine rings is 1. The zero-order valence-corrected chi connectivity index (χ0v) is 14.3. The van der Waals surface area contributed by atoms with Crippen LogP contribution in [0.5, 0.6) is 0 Å². The first-order chi connectivity index (χ1) is 12.6. The highest BCUT2D eigenvalue weighted by Gasteiger charge is 2.32. The lowest BCUT2D eigenvalue weighted by atomic mass is 10.1. The summed E-state index contributed by atoms with van der Waals surface area (Å²) in [6, 6.07) is 19.5. The van der Waals surface area contributed by atoms with Crippen molar-refractivity contribution in [1.82, 2.24) is 9.13 Å². The number of aryl methyl sites for hydroxylation is 1. The van der Waals surface area contributed by atoms with Gasteiger partial charge in [-0.3, -0.25) is 14.2 Å². The van der Waals surface area contributed by atoms with Gasteiger partial charge in [-0.2, -0.15) is 0 Å². The van der Waals surface area contributed by atoms with Crippen LogP contribution in [0.2, 0.25) is 0 Å². The van der Waals surface area contributed by atoms with E-state index in [-0.39, 0.29) is 16.9 Å². The standard InChI is InChI=1S/C22H16N2O2/c1-14-6-4-7-15(12-14)13-24-17-9-3-2-8-16(17)21(25)19-20(24)18-10-5-11-23(18)22(19)26/h2-12H,13H2,1H3. The van der Waals surface area contributed by atoms with E-state index >= 15 is 0 Å². The van der Waals surface area contributed by atoms with Gasteiger partial charge in [-0.1, -0.05) is 42.0 Å². The Morgan fingerprint density at radius 2 is 1.77 bits per heavy atom. The van der Waals surface area contributed by atoms with E-state index in [1.54, 1.807) is 16.8 Å². The molecule has 4 aromatic rings. The van der Waals surface area contributed by atoms with Crippen molar-refractivity contribution in [3.63, 3.8) is 0 Å². The minimum absolute atomic E-state index is 0.190. The summed E-state index contributed by atoms with van der Waals surface area (Å²) < 4.78 is 3.66. The second kappa shape index (κ2) is 5.30. The fourth-order valence-electron chi connectivity index (χ4n) is 3.89. The highest BCUT2D eigenvalue weighted by Crippen LogP contribution is 2.33. The fraction of sp³-hybridized carbons (Fsp3) is 0.0909. The average Bonchev–Trinajstić information content (AvgIpc) is 3.22. The van der Waals surface area contributed by atoms with Crippen molar-refractivity contribution in [2.24, 2.45) is 0 Å². The van der Waals surface area contributed by atoms with Gasteiger partial charge in [0.1, 0.15) is 5.56 Å². The Labute approximate surface area is 149 Å². The molecular weight excluding hydrogens is 324 g/mol. The lowest BCUT2D eigenvalue weighted by Gasteiger charge is -2.16. The van der Waals surface area contributed by atoms with E-state index in [4.69, 9.17) is 0 Å². The lowest BCUT2D eigenvalue weighted by molar-refractivity contribution is 0.0968. The number of hydrogen-bond donors (Lipinski definition) is 0. The van der Waals surface area contributed by atoms with Crippen molar-refractivity contribution in [1.29, 1.82) is 0 Å². The number of para-hydroxylation sites is 1. The average molecular weight is 340 g/mol. The normalized spacial score (nSPS) is 12.4. The summed E-state index contributed by atoms with van der Waals surface area (Å²) in [5.41, 5.74) is 4.74. The van der Waals surface area contributed by atoms with Crippen LogP contribution in [-0.4, -0.2) is 15.0 Å². The first kappa shape index (κ1) is 14.9. The van der Waals surface area contributed by atoms with Gasteiger partial charge in [0.05, 0.1) is 16.9 Å². The van der Waals surface area contributed by atoms with Crippen molar-refractivity contribution in [3.05, 3.63) is 93.8 Å². The topological polar surface area (TPSA) is 44.0 Å². The van der Waals surface area contributed by atoms with E-state index in [1.165, 1.54) is 5.56 Å². The molecule has 0 fully saturated rings. The molecule has 26 heavy (non-hydrogen) atoms. The Morgan fingerprint density at radius 3 is 2.62 bits per heavy atom. The van der Waals surface area contributed by atoms with Crippen molar-refractivity contribution in [2.75, 3.05) is 0 Å². The van der Waals surface area contributed by atoms with E-state index in [9.17, 15) is 9.59 Å². The minimum Gasteiger partial charge on any atom is -0.334 e. The molecule has 0 bridgehead atoms. The monoisotopic (exact) mass is 340 g/mol. The van der Waals surface area contributed by atoms with E-state index < -0.39 is 0 Å². The van der Waals surface area contributed by atoms with Gasteiger partial charge in [-0.15, -0.1) is 0 Å². The van der Waals surface area contributed by atoms with Crippen molar-refractivity contribution in [3.8, 4) is 11.4 Å². The molecule has 4 nitrogen and oxygen atoms in total. The second-order valence-corrected chi connectivity index (χ2v) is 6.71. The largest absolute Gasteiger partial charge is 0.334 e. The van der Waals surface area contributed by atoms with Crippen LogP contribution in [0.1, 0.15) is 21.5 Å². The Hall–Kier alpha value is -3.40. The SMILES string of the molecule is Cc1cccc(Cn2c3c(c(=O)c4ccccc42)C(=O)n2cccc2-3)c1. The molecule has 0 radical (unpaired) electrons. The summed E-state index contributed by atoms with van der Waals surface area (Å²) in [4.78, 5) is 25.8. The molecule has 0 spiro atoms. The molecule has 5 rings (SSSR count). The van der Waals surface area contributed by atoms with Gasteiger partial charge in [-0.05, 0) is 36.8 Å². The predicted molar refractivity (Wildman–Crippen MR) is 102 cm³/mol. The molecule has 3 heterocycles. The third-order valence-corrected chi connectivity index (χ3v) is 5.02. The van der Waals surface area contributed by atoms with Crippen molar-refractivity contribution >= 4 is 16.8 Å². The molecular formula is C22H16N2O2. The van der Waals surface area contributed by atoms with Gasteiger partial charge in [0.15, 0.2) is 0 Å². The van der Waals surface area contributed by atoms with Gasteiger partial charge in [0, 0.05) is 18.1 Å². The molecule has 2 aromatic heterocycles. The molecule has 0 amide bonds. The number of hydrogen-bond acceptors (Lipinski definition) is 2. The van der Waals surface area contributed by atoms with Crippen LogP contribution in [0, 0.1) is 6.92 Å². The summed E-state index contributed by atoms with van der Waals surface area (Å²) in [5.74, 6) is -0.242. The summed E-state index contributed by atoms with van der Waals surface area (Å²) >= 11 is 0. The Kier molecular flexibility index (Phi) is 3.04. The zero-order valence-electron chi connectivity index (χ0n) is 14.3. The summed E-state index contributed by atoms with van der Waals surface area (Å²) in [7, 11) is 0. The van der Waals surface area contributed by atoms with Gasteiger partial charge in [-0.25, -0.2) is 0 Å². The molecule has 0 aliphatic carbocycles. The molecule has 126 valence electrons. The maximum atomic E-state index is 13.0. The predicted octanol–water partition coefficient (Wildman–Crippen LogP) is 3.83. The Balaban J connectivity index is 1.88. The summed E-state index contributed by atoms with van der Waals surface area (Å²) in [5, 5.41) is 0.581. The first-order valence-corrected chi connectivity index (χ1v) is 8.58. The first-order valence-electron chi connectivity index (χ1n) is 8.58. The number of carbonyl (C=O) groups is 1. The quantitative estimate of drug-likeness (QED) is 0.490. The fourth-order valence-corrected chi connectivity index (χ4v) is 3.89. The molecule has 4 heteroatoms. The minimum atomic E-state index is -0.242. The zero-order chi connectivity index (χ0) is 17.8. The third-order valence-electron chi connectivity index (χ3n) is 5.02. The van der Waals surface area contributed by atoms with Gasteiger partial charge in [0.25, 0.3) is 5.91 Å². The highest BCUT2D eigenvalue weighted by molar-refractivity contribution is 6.10.